The zero-order valence-corrected chi connectivity index (χ0v) is 9.51. The number of alkyl halides is 3. The summed E-state index contributed by atoms with van der Waals surface area (Å²) in [7, 11) is 0. The lowest BCUT2D eigenvalue weighted by molar-refractivity contribution is -0.163. The Labute approximate surface area is 103 Å². The van der Waals surface area contributed by atoms with Crippen molar-refractivity contribution >= 4 is 29.2 Å². The molecule has 1 rings (SSSR count). The van der Waals surface area contributed by atoms with Crippen molar-refractivity contribution < 1.29 is 23.1 Å². The van der Waals surface area contributed by atoms with Gasteiger partial charge in [0.15, 0.2) is 10.3 Å². The highest BCUT2D eigenvalue weighted by Crippen LogP contribution is 2.40. The molecule has 0 fully saturated rings. The highest BCUT2D eigenvalue weighted by atomic mass is 35.5. The maximum atomic E-state index is 12.7. The van der Waals surface area contributed by atoms with Crippen molar-refractivity contribution in [2.45, 2.75) is 18.5 Å². The van der Waals surface area contributed by atoms with Gasteiger partial charge in [0, 0.05) is 5.56 Å². The molecule has 0 aliphatic rings. The third-order valence-electron chi connectivity index (χ3n) is 1.90. The summed E-state index contributed by atoms with van der Waals surface area (Å²) in [6.45, 7) is 0. The van der Waals surface area contributed by atoms with Gasteiger partial charge in [0.2, 0.25) is 0 Å². The second-order valence-electron chi connectivity index (χ2n) is 3.11. The quantitative estimate of drug-likeness (QED) is 0.929. The van der Waals surface area contributed by atoms with Gasteiger partial charge in [-0.1, -0.05) is 23.2 Å². The van der Waals surface area contributed by atoms with E-state index in [1.807, 2.05) is 0 Å². The Hall–Kier alpha value is -1.08. The lowest BCUT2D eigenvalue weighted by Crippen LogP contribution is -2.24. The van der Waals surface area contributed by atoms with E-state index in [9.17, 15) is 18.0 Å². The lowest BCUT2D eigenvalue weighted by Gasteiger charge is -2.19. The van der Waals surface area contributed by atoms with E-state index in [1.54, 1.807) is 0 Å². The molecular formula is C8H5Cl2F3N2O2. The molecule has 17 heavy (non-hydrogen) atoms. The molecule has 1 heterocycles. The Morgan fingerprint density at radius 1 is 1.41 bits per heavy atom. The fraction of sp³-hybridized carbons (Fsp3) is 0.375. The Kier molecular flexibility index (Phi) is 4.16. The van der Waals surface area contributed by atoms with Crippen LogP contribution >= 0.6 is 23.2 Å². The molecule has 0 aliphatic heterocycles. The summed E-state index contributed by atoms with van der Waals surface area (Å²) >= 11 is 10.9. The van der Waals surface area contributed by atoms with Crippen LogP contribution in [0.25, 0.3) is 0 Å². The first-order valence-corrected chi connectivity index (χ1v) is 4.94. The van der Waals surface area contributed by atoms with Crippen molar-refractivity contribution in [2.75, 3.05) is 0 Å². The van der Waals surface area contributed by atoms with E-state index in [-0.39, 0.29) is 5.15 Å². The zero-order chi connectivity index (χ0) is 13.2. The van der Waals surface area contributed by atoms with Crippen LogP contribution in [0.1, 0.15) is 17.9 Å². The van der Waals surface area contributed by atoms with E-state index < -0.39 is 35.2 Å². The number of aromatic nitrogens is 2. The Morgan fingerprint density at radius 3 is 2.47 bits per heavy atom. The molecule has 94 valence electrons. The standard InChI is InChI=1S/C8H5Cl2F3N2O2/c9-5-1-3(7(10)15-14-5)4(2-6(16)17)8(11,12)13/h1,4H,2H2,(H,16,17). The van der Waals surface area contributed by atoms with Gasteiger partial charge in [0.1, 0.15) is 0 Å². The van der Waals surface area contributed by atoms with Crippen LogP contribution in [0, 0.1) is 0 Å². The van der Waals surface area contributed by atoms with Gasteiger partial charge in [-0.05, 0) is 6.07 Å². The van der Waals surface area contributed by atoms with Crippen LogP contribution in [-0.4, -0.2) is 27.4 Å². The monoisotopic (exact) mass is 288 g/mol. The van der Waals surface area contributed by atoms with Gasteiger partial charge < -0.3 is 5.11 Å². The number of halogens is 5. The van der Waals surface area contributed by atoms with Crippen molar-refractivity contribution in [3.05, 3.63) is 21.9 Å². The van der Waals surface area contributed by atoms with Crippen molar-refractivity contribution in [3.63, 3.8) is 0 Å². The van der Waals surface area contributed by atoms with E-state index >= 15 is 0 Å². The van der Waals surface area contributed by atoms with Crippen LogP contribution in [0.4, 0.5) is 13.2 Å². The lowest BCUT2D eigenvalue weighted by atomic mass is 9.97. The van der Waals surface area contributed by atoms with Crippen molar-refractivity contribution in [1.29, 1.82) is 0 Å². The van der Waals surface area contributed by atoms with E-state index in [2.05, 4.69) is 10.2 Å². The molecule has 4 nitrogen and oxygen atoms in total. The summed E-state index contributed by atoms with van der Waals surface area (Å²) in [4.78, 5) is 10.4. The van der Waals surface area contributed by atoms with Gasteiger partial charge in [0.25, 0.3) is 0 Å². The minimum atomic E-state index is -4.76. The van der Waals surface area contributed by atoms with Gasteiger partial charge in [-0.15, -0.1) is 10.2 Å². The smallest absolute Gasteiger partial charge is 0.396 e. The normalized spacial score (nSPS) is 13.5. The van der Waals surface area contributed by atoms with E-state index in [0.717, 1.165) is 6.07 Å². The second-order valence-corrected chi connectivity index (χ2v) is 3.85. The molecule has 0 spiro atoms. The summed E-state index contributed by atoms with van der Waals surface area (Å²) in [5.74, 6) is -3.86. The summed E-state index contributed by atoms with van der Waals surface area (Å²) in [5, 5.41) is 14.1. The molecule has 0 saturated heterocycles. The molecule has 0 bridgehead atoms. The predicted octanol–water partition coefficient (Wildman–Crippen LogP) is 2.90. The number of hydrogen-bond donors (Lipinski definition) is 1. The molecular weight excluding hydrogens is 284 g/mol. The Morgan fingerprint density at radius 2 is 2.00 bits per heavy atom. The summed E-state index contributed by atoms with van der Waals surface area (Å²) in [6.07, 6.45) is -5.90. The number of hydrogen-bond acceptors (Lipinski definition) is 3. The molecule has 1 atom stereocenters. The van der Waals surface area contributed by atoms with Gasteiger partial charge in [0.05, 0.1) is 12.3 Å². The van der Waals surface area contributed by atoms with E-state index in [1.165, 1.54) is 0 Å². The molecule has 1 aromatic heterocycles. The second kappa shape index (κ2) is 5.05. The predicted molar refractivity (Wildman–Crippen MR) is 53.1 cm³/mol. The van der Waals surface area contributed by atoms with Gasteiger partial charge in [-0.3, -0.25) is 4.79 Å². The molecule has 0 saturated carbocycles. The number of rotatable bonds is 3. The third kappa shape index (κ3) is 3.71. The summed E-state index contributed by atoms with van der Waals surface area (Å²) in [6, 6.07) is 0.859. The molecule has 0 amide bonds. The first-order valence-electron chi connectivity index (χ1n) is 4.19. The highest BCUT2D eigenvalue weighted by molar-refractivity contribution is 6.31. The Bertz CT molecular complexity index is 439. The van der Waals surface area contributed by atoms with Crippen LogP contribution in [0.15, 0.2) is 6.07 Å². The fourth-order valence-electron chi connectivity index (χ4n) is 1.19. The van der Waals surface area contributed by atoms with E-state index in [4.69, 9.17) is 28.3 Å². The number of carbonyl (C=O) groups is 1. The molecule has 0 aromatic carbocycles. The van der Waals surface area contributed by atoms with Crippen molar-refractivity contribution in [3.8, 4) is 0 Å². The molecule has 1 aromatic rings. The average Bonchev–Trinajstić information content (AvgIpc) is 2.16. The topological polar surface area (TPSA) is 63.1 Å². The first-order chi connectivity index (χ1) is 7.71. The molecule has 0 radical (unpaired) electrons. The SMILES string of the molecule is O=C(O)CC(c1cc(Cl)nnc1Cl)C(F)(F)F. The first kappa shape index (κ1) is 14.0. The summed E-state index contributed by atoms with van der Waals surface area (Å²) < 4.78 is 38.0. The number of carboxylic acids is 1. The number of carboxylic acid groups (broad SMARTS) is 1. The maximum Gasteiger partial charge on any atom is 0.396 e. The maximum absolute atomic E-state index is 12.7. The Balaban J connectivity index is 3.21. The number of nitrogens with zero attached hydrogens (tertiary/aromatic N) is 2. The number of aliphatic carboxylic acids is 1. The minimum Gasteiger partial charge on any atom is -0.481 e. The largest absolute Gasteiger partial charge is 0.481 e. The molecule has 1 unspecified atom stereocenters. The summed E-state index contributed by atoms with van der Waals surface area (Å²) in [5.41, 5.74) is -0.499. The van der Waals surface area contributed by atoms with Crippen molar-refractivity contribution in [2.24, 2.45) is 0 Å². The van der Waals surface area contributed by atoms with Gasteiger partial charge in [-0.25, -0.2) is 0 Å². The van der Waals surface area contributed by atoms with Crippen LogP contribution in [0.3, 0.4) is 0 Å². The van der Waals surface area contributed by atoms with Crippen LogP contribution in [0.5, 0.6) is 0 Å². The van der Waals surface area contributed by atoms with Gasteiger partial charge >= 0.3 is 12.1 Å². The minimum absolute atomic E-state index is 0.288. The van der Waals surface area contributed by atoms with E-state index in [0.29, 0.717) is 0 Å². The van der Waals surface area contributed by atoms with Crippen LogP contribution in [0.2, 0.25) is 10.3 Å². The van der Waals surface area contributed by atoms with Gasteiger partial charge in [-0.2, -0.15) is 13.2 Å². The molecule has 0 aliphatic carbocycles. The zero-order valence-electron chi connectivity index (χ0n) is 8.00. The fourth-order valence-corrected chi connectivity index (χ4v) is 1.57. The third-order valence-corrected chi connectivity index (χ3v) is 2.37. The van der Waals surface area contributed by atoms with Crippen LogP contribution < -0.4 is 0 Å². The van der Waals surface area contributed by atoms with Crippen molar-refractivity contribution in [1.82, 2.24) is 10.2 Å². The molecule has 1 N–H and O–H groups in total. The highest BCUT2D eigenvalue weighted by Gasteiger charge is 2.43. The molecule has 9 heteroatoms. The average molecular weight is 289 g/mol. The van der Waals surface area contributed by atoms with Crippen LogP contribution in [-0.2, 0) is 4.79 Å².